The molecule has 0 fully saturated rings. The molecular weight excluding hydrogens is 377 g/mol. The topological polar surface area (TPSA) is 80.0 Å². The van der Waals surface area contributed by atoms with Crippen LogP contribution < -0.4 is 9.64 Å². The van der Waals surface area contributed by atoms with Crippen LogP contribution in [0.1, 0.15) is 22.2 Å². The number of rotatable bonds is 5. The maximum absolute atomic E-state index is 14.7. The molecule has 1 N–H and O–H groups in total. The highest BCUT2D eigenvalue weighted by molar-refractivity contribution is 6.20. The van der Waals surface area contributed by atoms with Crippen LogP contribution in [0.25, 0.3) is 0 Å². The highest BCUT2D eigenvalue weighted by Crippen LogP contribution is 2.43. The Labute approximate surface area is 165 Å². The van der Waals surface area contributed by atoms with Crippen molar-refractivity contribution in [1.29, 1.82) is 0 Å². The van der Waals surface area contributed by atoms with E-state index in [1.54, 1.807) is 30.3 Å². The second-order valence-electron chi connectivity index (χ2n) is 6.37. The number of ether oxygens (including phenoxy) is 1. The molecule has 0 aliphatic carbocycles. The number of aliphatic hydroxyl groups is 1. The maximum Gasteiger partial charge on any atom is 0.294 e. The van der Waals surface area contributed by atoms with Crippen LogP contribution in [0.4, 0.5) is 10.1 Å². The monoisotopic (exact) mass is 393 g/mol. The molecule has 1 aliphatic heterocycles. The fraction of sp³-hybridized carbons (Fsp3) is 0.0909. The van der Waals surface area contributed by atoms with E-state index >= 15 is 0 Å². The number of carbonyl (C=O) groups is 2. The van der Waals surface area contributed by atoms with Gasteiger partial charge in [-0.2, -0.15) is 0 Å². The van der Waals surface area contributed by atoms with Gasteiger partial charge in [0.2, 0.25) is 5.78 Å². The van der Waals surface area contributed by atoms with Crippen LogP contribution in [-0.4, -0.2) is 23.9 Å². The molecule has 0 bridgehead atoms. The molecule has 4 rings (SSSR count). The third-order valence-electron chi connectivity index (χ3n) is 4.73. The van der Waals surface area contributed by atoms with Crippen molar-refractivity contribution in [2.24, 2.45) is 0 Å². The molecule has 29 heavy (non-hydrogen) atoms. The Morgan fingerprint density at radius 1 is 1.14 bits per heavy atom. The summed E-state index contributed by atoms with van der Waals surface area (Å²) in [4.78, 5) is 27.2. The van der Waals surface area contributed by atoms with Crippen molar-refractivity contribution >= 4 is 17.4 Å². The summed E-state index contributed by atoms with van der Waals surface area (Å²) in [5.41, 5.74) is 0.164. The van der Waals surface area contributed by atoms with Gasteiger partial charge in [0.15, 0.2) is 11.5 Å². The largest absolute Gasteiger partial charge is 0.503 e. The zero-order valence-electron chi connectivity index (χ0n) is 15.3. The molecule has 0 saturated carbocycles. The Hall–Kier alpha value is -3.87. The van der Waals surface area contributed by atoms with Crippen LogP contribution in [0.5, 0.6) is 5.75 Å². The van der Waals surface area contributed by atoms with E-state index in [0.29, 0.717) is 11.4 Å². The lowest BCUT2D eigenvalue weighted by atomic mass is 9.94. The molecule has 0 radical (unpaired) electrons. The van der Waals surface area contributed by atoms with Crippen molar-refractivity contribution in [3.8, 4) is 5.75 Å². The van der Waals surface area contributed by atoms with Gasteiger partial charge in [-0.05, 0) is 30.3 Å². The number of hydrogen-bond acceptors (Lipinski definition) is 5. The number of methoxy groups -OCH3 is 1. The first-order valence-corrected chi connectivity index (χ1v) is 8.76. The normalized spacial score (nSPS) is 16.4. The molecule has 1 amide bonds. The summed E-state index contributed by atoms with van der Waals surface area (Å²) >= 11 is 0. The number of hydrogen-bond donors (Lipinski definition) is 1. The summed E-state index contributed by atoms with van der Waals surface area (Å²) < 4.78 is 25.1. The van der Waals surface area contributed by atoms with E-state index in [1.165, 1.54) is 48.6 Å². The predicted molar refractivity (Wildman–Crippen MR) is 102 cm³/mol. The number of Topliss-reactive ketones (excluding diaryl/α,β-unsaturated/α-hetero) is 1. The highest BCUT2D eigenvalue weighted by atomic mass is 19.1. The minimum atomic E-state index is -1.17. The SMILES string of the molecule is COc1cccc(N2C(=O)C(O)=C(C(=O)c3ccco3)C2c2ccccc2F)c1. The average Bonchev–Trinajstić information content (AvgIpc) is 3.36. The molecule has 146 valence electrons. The summed E-state index contributed by atoms with van der Waals surface area (Å²) in [7, 11) is 1.47. The van der Waals surface area contributed by atoms with E-state index in [1.807, 2.05) is 0 Å². The number of halogens is 1. The van der Waals surface area contributed by atoms with E-state index in [9.17, 15) is 19.1 Å². The van der Waals surface area contributed by atoms with Crippen molar-refractivity contribution in [2.45, 2.75) is 6.04 Å². The van der Waals surface area contributed by atoms with Gasteiger partial charge in [-0.25, -0.2) is 4.39 Å². The summed E-state index contributed by atoms with van der Waals surface area (Å²) in [6, 6.07) is 14.1. The Morgan fingerprint density at radius 2 is 1.93 bits per heavy atom. The van der Waals surface area contributed by atoms with Gasteiger partial charge in [0, 0.05) is 17.3 Å². The van der Waals surface area contributed by atoms with Crippen LogP contribution in [0.2, 0.25) is 0 Å². The molecule has 7 heteroatoms. The molecule has 6 nitrogen and oxygen atoms in total. The first-order valence-electron chi connectivity index (χ1n) is 8.76. The number of anilines is 1. The summed E-state index contributed by atoms with van der Waals surface area (Å²) in [6.07, 6.45) is 1.31. The Morgan fingerprint density at radius 3 is 2.62 bits per heavy atom. The average molecular weight is 393 g/mol. The van der Waals surface area contributed by atoms with Crippen LogP contribution in [-0.2, 0) is 4.79 Å². The number of furan rings is 1. The smallest absolute Gasteiger partial charge is 0.294 e. The van der Waals surface area contributed by atoms with E-state index in [2.05, 4.69) is 0 Å². The summed E-state index contributed by atoms with van der Waals surface area (Å²) in [5.74, 6) is -2.47. The third-order valence-corrected chi connectivity index (χ3v) is 4.73. The van der Waals surface area contributed by atoms with E-state index < -0.39 is 29.3 Å². The molecular formula is C22H16FNO5. The Kier molecular flexibility index (Phi) is 4.64. The summed E-state index contributed by atoms with van der Waals surface area (Å²) in [6.45, 7) is 0. The zero-order chi connectivity index (χ0) is 20.5. The van der Waals surface area contributed by atoms with Gasteiger partial charge < -0.3 is 14.3 Å². The first-order chi connectivity index (χ1) is 14.0. The number of nitrogens with zero attached hydrogens (tertiary/aromatic N) is 1. The molecule has 1 aliphatic rings. The lowest BCUT2D eigenvalue weighted by molar-refractivity contribution is -0.117. The quantitative estimate of drug-likeness (QED) is 0.657. The molecule has 1 unspecified atom stereocenters. The van der Waals surface area contributed by atoms with Gasteiger partial charge in [-0.1, -0.05) is 24.3 Å². The fourth-order valence-electron chi connectivity index (χ4n) is 3.40. The maximum atomic E-state index is 14.7. The number of aliphatic hydroxyl groups excluding tert-OH is 1. The van der Waals surface area contributed by atoms with Gasteiger partial charge in [0.05, 0.1) is 25.0 Å². The fourth-order valence-corrected chi connectivity index (χ4v) is 3.40. The minimum absolute atomic E-state index is 0.0619. The number of amides is 1. The Bertz CT molecular complexity index is 1120. The van der Waals surface area contributed by atoms with Gasteiger partial charge in [0.25, 0.3) is 5.91 Å². The van der Waals surface area contributed by atoms with Crippen LogP contribution in [0.3, 0.4) is 0 Å². The minimum Gasteiger partial charge on any atom is -0.503 e. The molecule has 1 aromatic heterocycles. The van der Waals surface area contributed by atoms with Crippen LogP contribution in [0.15, 0.2) is 82.7 Å². The summed E-state index contributed by atoms with van der Waals surface area (Å²) in [5, 5.41) is 10.6. The van der Waals surface area contributed by atoms with E-state index in [0.717, 1.165) is 0 Å². The van der Waals surface area contributed by atoms with E-state index in [4.69, 9.17) is 9.15 Å². The molecule has 0 spiro atoms. The molecule has 2 heterocycles. The van der Waals surface area contributed by atoms with Crippen molar-refractivity contribution in [1.82, 2.24) is 0 Å². The molecule has 3 aromatic rings. The van der Waals surface area contributed by atoms with Gasteiger partial charge >= 0.3 is 0 Å². The zero-order valence-corrected chi connectivity index (χ0v) is 15.3. The predicted octanol–water partition coefficient (Wildman–Crippen LogP) is 4.21. The first kappa shape index (κ1) is 18.5. The third kappa shape index (κ3) is 3.06. The van der Waals surface area contributed by atoms with Crippen molar-refractivity contribution in [2.75, 3.05) is 12.0 Å². The van der Waals surface area contributed by atoms with Crippen LogP contribution in [0, 0.1) is 5.82 Å². The van der Waals surface area contributed by atoms with Crippen molar-refractivity contribution in [3.05, 3.63) is 95.4 Å². The van der Waals surface area contributed by atoms with Gasteiger partial charge in [0.1, 0.15) is 11.6 Å². The van der Waals surface area contributed by atoms with Gasteiger partial charge in [-0.3, -0.25) is 14.5 Å². The number of carbonyl (C=O) groups excluding carboxylic acids is 2. The number of ketones is 1. The second kappa shape index (κ2) is 7.27. The van der Waals surface area contributed by atoms with E-state index in [-0.39, 0.29) is 16.9 Å². The Balaban J connectivity index is 1.91. The van der Waals surface area contributed by atoms with Crippen LogP contribution >= 0.6 is 0 Å². The van der Waals surface area contributed by atoms with Gasteiger partial charge in [-0.15, -0.1) is 0 Å². The molecule has 1 atom stereocenters. The standard InChI is InChI=1S/C22H16FNO5/c1-28-14-7-4-6-13(12-14)24-19(15-8-2-3-9-16(15)23)18(21(26)22(24)27)20(25)17-10-5-11-29-17/h2-12,19,26H,1H3. The lowest BCUT2D eigenvalue weighted by Crippen LogP contribution is -2.31. The highest BCUT2D eigenvalue weighted by Gasteiger charge is 2.46. The molecule has 2 aromatic carbocycles. The number of benzene rings is 2. The lowest BCUT2D eigenvalue weighted by Gasteiger charge is -2.27. The molecule has 0 saturated heterocycles. The van der Waals surface area contributed by atoms with Crippen molar-refractivity contribution < 1.29 is 28.2 Å². The van der Waals surface area contributed by atoms with Crippen molar-refractivity contribution in [3.63, 3.8) is 0 Å². The second-order valence-corrected chi connectivity index (χ2v) is 6.37.